The highest BCUT2D eigenvalue weighted by atomic mass is 35.7. The maximum absolute atomic E-state index is 11.6. The third-order valence-corrected chi connectivity index (χ3v) is 2.35. The zero-order chi connectivity index (χ0) is 11.4. The third-order valence-electron chi connectivity index (χ3n) is 1.11. The summed E-state index contributed by atoms with van der Waals surface area (Å²) in [6.45, 7) is -0.385. The highest BCUT2D eigenvalue weighted by Crippen LogP contribution is 2.13. The Bertz CT molecular complexity index is 300. The topological polar surface area (TPSA) is 63.2 Å². The molecule has 0 aliphatic heterocycles. The summed E-state index contributed by atoms with van der Waals surface area (Å²) in [4.78, 5) is 10.2. The molecule has 14 heavy (non-hydrogen) atoms. The molecule has 1 amide bonds. The fourth-order valence-electron chi connectivity index (χ4n) is 0.547. The zero-order valence-electron chi connectivity index (χ0n) is 6.77. The molecule has 0 saturated carbocycles. The van der Waals surface area contributed by atoms with Crippen LogP contribution in [-0.4, -0.2) is 32.8 Å². The highest BCUT2D eigenvalue weighted by molar-refractivity contribution is 8.13. The van der Waals surface area contributed by atoms with Crippen molar-refractivity contribution in [2.45, 2.75) is 12.6 Å². The van der Waals surface area contributed by atoms with Crippen LogP contribution < -0.4 is 5.32 Å². The number of rotatable bonds is 4. The van der Waals surface area contributed by atoms with Crippen LogP contribution in [0.15, 0.2) is 0 Å². The number of nitrogens with one attached hydrogen (secondary N) is 1. The summed E-state index contributed by atoms with van der Waals surface area (Å²) in [7, 11) is 1.06. The molecule has 9 heteroatoms. The average Bonchev–Trinajstić information content (AvgIpc) is 1.93. The Labute approximate surface area is 82.8 Å². The first-order valence-electron chi connectivity index (χ1n) is 3.40. The SMILES string of the molecule is O=C(NCCCS(=O)(=O)Cl)C(F)(F)F. The van der Waals surface area contributed by atoms with E-state index >= 15 is 0 Å². The lowest BCUT2D eigenvalue weighted by Gasteiger charge is -2.06. The first kappa shape index (κ1) is 13.5. The van der Waals surface area contributed by atoms with Gasteiger partial charge in [-0.05, 0) is 6.42 Å². The van der Waals surface area contributed by atoms with E-state index in [1.807, 2.05) is 0 Å². The standard InChI is InChI=1S/C5H7ClF3NO3S/c6-14(12,13)3-1-2-10-4(11)5(7,8)9/h1-3H2,(H,10,11). The second-order valence-electron chi connectivity index (χ2n) is 2.35. The van der Waals surface area contributed by atoms with Crippen LogP contribution in [0.1, 0.15) is 6.42 Å². The summed E-state index contributed by atoms with van der Waals surface area (Å²) in [5.74, 6) is -2.57. The lowest BCUT2D eigenvalue weighted by Crippen LogP contribution is -2.37. The van der Waals surface area contributed by atoms with Gasteiger partial charge in [-0.2, -0.15) is 13.2 Å². The molecule has 0 aromatic carbocycles. The van der Waals surface area contributed by atoms with Crippen molar-refractivity contribution < 1.29 is 26.4 Å². The Morgan fingerprint density at radius 3 is 2.21 bits per heavy atom. The van der Waals surface area contributed by atoms with Gasteiger partial charge in [0.2, 0.25) is 9.05 Å². The molecule has 0 saturated heterocycles. The predicted octanol–water partition coefficient (Wildman–Crippen LogP) is 0.624. The maximum atomic E-state index is 11.6. The number of carbonyl (C=O) groups is 1. The number of amides is 1. The average molecular weight is 254 g/mol. The van der Waals surface area contributed by atoms with E-state index in [1.54, 1.807) is 0 Å². The van der Waals surface area contributed by atoms with Crippen LogP contribution in [0.25, 0.3) is 0 Å². The molecule has 0 bridgehead atoms. The van der Waals surface area contributed by atoms with Gasteiger partial charge in [-0.1, -0.05) is 0 Å². The van der Waals surface area contributed by atoms with Crippen LogP contribution in [0.2, 0.25) is 0 Å². The van der Waals surface area contributed by atoms with Gasteiger partial charge in [0.05, 0.1) is 5.75 Å². The van der Waals surface area contributed by atoms with E-state index in [1.165, 1.54) is 5.32 Å². The number of hydrogen-bond donors (Lipinski definition) is 1. The van der Waals surface area contributed by atoms with Crippen molar-refractivity contribution in [2.75, 3.05) is 12.3 Å². The minimum Gasteiger partial charge on any atom is -0.348 e. The van der Waals surface area contributed by atoms with Gasteiger partial charge in [0.25, 0.3) is 0 Å². The Morgan fingerprint density at radius 1 is 1.36 bits per heavy atom. The molecule has 1 N–H and O–H groups in total. The van der Waals surface area contributed by atoms with Crippen LogP contribution >= 0.6 is 10.7 Å². The minimum atomic E-state index is -4.94. The fraction of sp³-hybridized carbons (Fsp3) is 0.800. The monoisotopic (exact) mass is 253 g/mol. The first-order valence-corrected chi connectivity index (χ1v) is 5.88. The van der Waals surface area contributed by atoms with Crippen LogP contribution in [-0.2, 0) is 13.8 Å². The number of alkyl halides is 3. The van der Waals surface area contributed by atoms with E-state index < -0.39 is 26.9 Å². The number of hydrogen-bond acceptors (Lipinski definition) is 3. The molecule has 0 fully saturated rings. The van der Waals surface area contributed by atoms with Crippen molar-refractivity contribution in [3.8, 4) is 0 Å². The quantitative estimate of drug-likeness (QED) is 0.590. The molecule has 0 unspecified atom stereocenters. The van der Waals surface area contributed by atoms with E-state index in [0.29, 0.717) is 0 Å². The molecular weight excluding hydrogens is 247 g/mol. The Kier molecular flexibility index (Phi) is 4.66. The molecule has 0 rings (SSSR count). The van der Waals surface area contributed by atoms with Crippen molar-refractivity contribution in [3.63, 3.8) is 0 Å². The Morgan fingerprint density at radius 2 is 1.86 bits per heavy atom. The van der Waals surface area contributed by atoms with Crippen LogP contribution in [0.3, 0.4) is 0 Å². The normalized spacial score (nSPS) is 12.6. The van der Waals surface area contributed by atoms with Gasteiger partial charge in [-0.15, -0.1) is 0 Å². The van der Waals surface area contributed by atoms with Gasteiger partial charge in [-0.25, -0.2) is 8.42 Å². The van der Waals surface area contributed by atoms with E-state index in [9.17, 15) is 26.4 Å². The third kappa shape index (κ3) is 6.96. The molecule has 0 spiro atoms. The van der Waals surface area contributed by atoms with E-state index in [-0.39, 0.29) is 13.0 Å². The molecule has 0 atom stereocenters. The summed E-state index contributed by atoms with van der Waals surface area (Å²) in [6, 6.07) is 0. The maximum Gasteiger partial charge on any atom is 0.471 e. The summed E-state index contributed by atoms with van der Waals surface area (Å²) >= 11 is 0. The molecule has 0 aromatic heterocycles. The second kappa shape index (κ2) is 4.83. The minimum absolute atomic E-state index is 0.159. The predicted molar refractivity (Wildman–Crippen MR) is 43.3 cm³/mol. The zero-order valence-corrected chi connectivity index (χ0v) is 8.34. The van der Waals surface area contributed by atoms with Crippen molar-refractivity contribution in [2.24, 2.45) is 0 Å². The van der Waals surface area contributed by atoms with Crippen molar-refractivity contribution >= 4 is 25.6 Å². The highest BCUT2D eigenvalue weighted by Gasteiger charge is 2.38. The van der Waals surface area contributed by atoms with Crippen LogP contribution in [0, 0.1) is 0 Å². The van der Waals surface area contributed by atoms with Gasteiger partial charge >= 0.3 is 12.1 Å². The van der Waals surface area contributed by atoms with Crippen molar-refractivity contribution in [1.29, 1.82) is 0 Å². The number of halogens is 4. The van der Waals surface area contributed by atoms with Crippen molar-refractivity contribution in [1.82, 2.24) is 5.32 Å². The molecule has 0 aromatic rings. The number of carbonyl (C=O) groups excluding carboxylic acids is 1. The molecule has 0 radical (unpaired) electrons. The Hall–Kier alpha value is -0.500. The van der Waals surface area contributed by atoms with Gasteiger partial charge in [0.15, 0.2) is 0 Å². The van der Waals surface area contributed by atoms with Crippen molar-refractivity contribution in [3.05, 3.63) is 0 Å². The van der Waals surface area contributed by atoms with Gasteiger partial charge in [0, 0.05) is 17.2 Å². The molecule has 0 aliphatic rings. The summed E-state index contributed by atoms with van der Waals surface area (Å²) in [6.07, 6.45) is -5.10. The van der Waals surface area contributed by atoms with E-state index in [0.717, 1.165) is 0 Å². The van der Waals surface area contributed by atoms with E-state index in [2.05, 4.69) is 0 Å². The van der Waals surface area contributed by atoms with Gasteiger partial charge < -0.3 is 5.32 Å². The lowest BCUT2D eigenvalue weighted by atomic mass is 10.4. The van der Waals surface area contributed by atoms with Crippen LogP contribution in [0.5, 0.6) is 0 Å². The molecule has 84 valence electrons. The lowest BCUT2D eigenvalue weighted by molar-refractivity contribution is -0.173. The Balaban J connectivity index is 3.72. The summed E-state index contributed by atoms with van der Waals surface area (Å²) in [5, 5.41) is 1.51. The molecule has 0 aliphatic carbocycles. The first-order chi connectivity index (χ1) is 6.13. The summed E-state index contributed by atoms with van der Waals surface area (Å²) in [5.41, 5.74) is 0. The summed E-state index contributed by atoms with van der Waals surface area (Å²) < 4.78 is 55.3. The largest absolute Gasteiger partial charge is 0.471 e. The molecular formula is C5H7ClF3NO3S. The van der Waals surface area contributed by atoms with Gasteiger partial charge in [0.1, 0.15) is 0 Å². The van der Waals surface area contributed by atoms with Crippen LogP contribution in [0.4, 0.5) is 13.2 Å². The molecule has 4 nitrogen and oxygen atoms in total. The smallest absolute Gasteiger partial charge is 0.348 e. The van der Waals surface area contributed by atoms with E-state index in [4.69, 9.17) is 10.7 Å². The molecule has 0 heterocycles. The van der Waals surface area contributed by atoms with Gasteiger partial charge in [-0.3, -0.25) is 4.79 Å². The second-order valence-corrected chi connectivity index (χ2v) is 5.25. The fourth-order valence-corrected chi connectivity index (χ4v) is 1.36.